The van der Waals surface area contributed by atoms with E-state index < -0.39 is 28.5 Å². The first-order valence-corrected chi connectivity index (χ1v) is 6.09. The van der Waals surface area contributed by atoms with Crippen LogP contribution >= 0.6 is 0 Å². The van der Waals surface area contributed by atoms with Gasteiger partial charge < -0.3 is 9.47 Å². The second kappa shape index (κ2) is 5.68. The fraction of sp³-hybridized carbons (Fsp3) is 0.250. The highest BCUT2D eigenvalue weighted by Crippen LogP contribution is 2.22. The van der Waals surface area contributed by atoms with E-state index in [9.17, 15) is 19.7 Å². The van der Waals surface area contributed by atoms with Crippen LogP contribution in [-0.4, -0.2) is 28.5 Å². The molecule has 1 aliphatic heterocycles. The topological polar surface area (TPSA) is 132 Å². The zero-order chi connectivity index (χ0) is 16.3. The molecule has 1 heterocycles. The van der Waals surface area contributed by atoms with Gasteiger partial charge in [-0.3, -0.25) is 5.43 Å². The number of rotatable bonds is 4. The van der Waals surface area contributed by atoms with Gasteiger partial charge in [-0.15, -0.1) is 5.43 Å². The number of carbonyl (C=O) groups is 2. The second-order valence-electron chi connectivity index (χ2n) is 4.67. The molecule has 1 aliphatic rings. The Morgan fingerprint density at radius 1 is 1.14 bits per heavy atom. The number of anilines is 2. The summed E-state index contributed by atoms with van der Waals surface area (Å²) < 4.78 is 9.73. The summed E-state index contributed by atoms with van der Waals surface area (Å²) in [5.41, 5.74) is 4.06. The number of para-hydroxylation sites is 2. The third-order valence-electron chi connectivity index (χ3n) is 2.49. The van der Waals surface area contributed by atoms with Gasteiger partial charge in [0.05, 0.1) is 5.69 Å². The van der Waals surface area contributed by atoms with Crippen molar-refractivity contribution in [3.05, 3.63) is 34.4 Å². The fourth-order valence-electron chi connectivity index (χ4n) is 1.63. The normalized spacial score (nSPS) is 16.4. The van der Waals surface area contributed by atoms with Crippen molar-refractivity contribution in [1.82, 2.24) is 0 Å². The number of esters is 2. The van der Waals surface area contributed by atoms with Crippen LogP contribution in [0.3, 0.4) is 0 Å². The molecule has 0 unspecified atom stereocenters. The number of carbonyl (C=O) groups excluding carboxylic acids is 2. The molecule has 1 aromatic rings. The second-order valence-corrected chi connectivity index (χ2v) is 4.67. The lowest BCUT2D eigenvalue weighted by Crippen LogP contribution is -2.47. The molecule has 0 saturated carbocycles. The van der Waals surface area contributed by atoms with Gasteiger partial charge in [-0.25, -0.2) is 19.7 Å². The summed E-state index contributed by atoms with van der Waals surface area (Å²) in [4.78, 5) is 33.9. The smallest absolute Gasteiger partial charge is 0.369 e. The number of hydrogen-bond acceptors (Lipinski definition) is 8. The van der Waals surface area contributed by atoms with E-state index in [1.807, 2.05) is 5.43 Å². The third kappa shape index (κ3) is 3.48. The summed E-state index contributed by atoms with van der Waals surface area (Å²) in [5.74, 6) is -3.26. The van der Waals surface area contributed by atoms with Crippen LogP contribution in [0.25, 0.3) is 0 Å². The van der Waals surface area contributed by atoms with Gasteiger partial charge in [0, 0.05) is 13.8 Å². The Morgan fingerprint density at radius 3 is 2.23 bits per heavy atom. The summed E-state index contributed by atoms with van der Waals surface area (Å²) in [5, 5.41) is 13.3. The molecule has 0 aliphatic carbocycles. The van der Waals surface area contributed by atoms with Crippen LogP contribution in [-0.2, 0) is 19.1 Å². The number of nitrogens with one attached hydrogen (secondary N) is 2. The van der Waals surface area contributed by atoms with Crippen molar-refractivity contribution in [3.63, 3.8) is 0 Å². The average Bonchev–Trinajstić information content (AvgIpc) is 2.37. The molecule has 2 N–H and O–H groups in total. The molecule has 10 nitrogen and oxygen atoms in total. The quantitative estimate of drug-likeness (QED) is 0.476. The Labute approximate surface area is 124 Å². The highest BCUT2D eigenvalue weighted by atomic mass is 16.7. The Morgan fingerprint density at radius 2 is 1.68 bits per heavy atom. The monoisotopic (exact) mass is 308 g/mol. The molecule has 0 bridgehead atoms. The zero-order valence-electron chi connectivity index (χ0n) is 11.7. The van der Waals surface area contributed by atoms with Crippen LogP contribution < -0.4 is 10.9 Å². The zero-order valence-corrected chi connectivity index (χ0v) is 11.7. The van der Waals surface area contributed by atoms with Crippen LogP contribution in [0, 0.1) is 10.1 Å². The van der Waals surface area contributed by atoms with Gasteiger partial charge in [-0.1, -0.05) is 12.1 Å². The molecule has 0 atom stereocenters. The van der Waals surface area contributed by atoms with Gasteiger partial charge in [0.2, 0.25) is 0 Å². The lowest BCUT2D eigenvalue weighted by Gasteiger charge is -2.28. The highest BCUT2D eigenvalue weighted by Gasteiger charge is 2.40. The highest BCUT2D eigenvalue weighted by molar-refractivity contribution is 6.63. The number of benzene rings is 1. The number of hydrazone groups is 1. The van der Waals surface area contributed by atoms with Crippen molar-refractivity contribution >= 4 is 29.0 Å². The predicted octanol–water partition coefficient (Wildman–Crippen LogP) is 0.894. The van der Waals surface area contributed by atoms with Crippen molar-refractivity contribution in [2.45, 2.75) is 19.6 Å². The van der Waals surface area contributed by atoms with E-state index >= 15 is 0 Å². The minimum absolute atomic E-state index is 0.106. The molecule has 1 saturated heterocycles. The number of nitro groups is 1. The van der Waals surface area contributed by atoms with Crippen LogP contribution in [0.5, 0.6) is 0 Å². The van der Waals surface area contributed by atoms with Crippen molar-refractivity contribution in [2.24, 2.45) is 5.10 Å². The predicted molar refractivity (Wildman–Crippen MR) is 74.4 cm³/mol. The van der Waals surface area contributed by atoms with E-state index in [4.69, 9.17) is 9.47 Å². The number of hydrazine groups is 1. The van der Waals surface area contributed by atoms with Crippen molar-refractivity contribution < 1.29 is 24.1 Å². The molecule has 0 radical (unpaired) electrons. The molecule has 0 amide bonds. The molecule has 1 fully saturated rings. The van der Waals surface area contributed by atoms with Crippen LogP contribution in [0.1, 0.15) is 13.8 Å². The molecule has 116 valence electrons. The van der Waals surface area contributed by atoms with E-state index in [0.29, 0.717) is 0 Å². The molecule has 22 heavy (non-hydrogen) atoms. The third-order valence-corrected chi connectivity index (χ3v) is 2.49. The lowest BCUT2D eigenvalue weighted by molar-refractivity contribution is -0.445. The Kier molecular flexibility index (Phi) is 3.93. The Bertz CT molecular complexity index is 647. The van der Waals surface area contributed by atoms with Crippen LogP contribution in [0.15, 0.2) is 29.4 Å². The molecule has 2 rings (SSSR count). The summed E-state index contributed by atoms with van der Waals surface area (Å²) in [7, 11) is 0. The summed E-state index contributed by atoms with van der Waals surface area (Å²) in [6.45, 7) is 2.81. The summed E-state index contributed by atoms with van der Waals surface area (Å²) >= 11 is 0. The first-order chi connectivity index (χ1) is 10.3. The SMILES string of the molecule is CC1(C)OC(=O)C(=NNc2ccccc2N[N+](=O)[O-])C(=O)O1. The van der Waals surface area contributed by atoms with E-state index in [2.05, 4.69) is 10.5 Å². The maximum absolute atomic E-state index is 11.7. The van der Waals surface area contributed by atoms with E-state index in [0.717, 1.165) is 0 Å². The van der Waals surface area contributed by atoms with Gasteiger partial charge in [0.15, 0.2) is 5.03 Å². The van der Waals surface area contributed by atoms with Crippen molar-refractivity contribution in [3.8, 4) is 0 Å². The molecular formula is C12H12N4O6. The maximum atomic E-state index is 11.7. The Balaban J connectivity index is 2.20. The number of hydrogen-bond donors (Lipinski definition) is 2. The Hall–Kier alpha value is -3.17. The van der Waals surface area contributed by atoms with E-state index in [-0.39, 0.29) is 11.4 Å². The maximum Gasteiger partial charge on any atom is 0.369 e. The number of ether oxygens (including phenoxy) is 2. The van der Waals surface area contributed by atoms with Gasteiger partial charge in [0.1, 0.15) is 5.69 Å². The standard InChI is InChI=1S/C12H12N4O6/c1-12(2)21-10(17)9(11(18)22-12)14-13-7-5-3-4-6-8(7)15-16(19)20/h3-6,13,15H,1-2H3. The minimum atomic E-state index is -1.36. The first kappa shape index (κ1) is 15.2. The largest absolute Gasteiger partial charge is 0.418 e. The van der Waals surface area contributed by atoms with Crippen molar-refractivity contribution in [1.29, 1.82) is 0 Å². The molecule has 1 aromatic carbocycles. The number of cyclic esters (lactones) is 2. The fourth-order valence-corrected chi connectivity index (χ4v) is 1.63. The van der Waals surface area contributed by atoms with Gasteiger partial charge in [-0.2, -0.15) is 5.10 Å². The molecule has 0 spiro atoms. The average molecular weight is 308 g/mol. The van der Waals surface area contributed by atoms with E-state index in [1.54, 1.807) is 12.1 Å². The molecule has 10 heteroatoms. The lowest BCUT2D eigenvalue weighted by atomic mass is 10.3. The molecular weight excluding hydrogens is 296 g/mol. The summed E-state index contributed by atoms with van der Waals surface area (Å²) in [6, 6.07) is 6.05. The van der Waals surface area contributed by atoms with Crippen molar-refractivity contribution in [2.75, 3.05) is 10.9 Å². The summed E-state index contributed by atoms with van der Waals surface area (Å²) in [6.07, 6.45) is 0. The molecule has 0 aromatic heterocycles. The van der Waals surface area contributed by atoms with Crippen LogP contribution in [0.2, 0.25) is 0 Å². The first-order valence-electron chi connectivity index (χ1n) is 6.09. The van der Waals surface area contributed by atoms with Gasteiger partial charge >= 0.3 is 11.9 Å². The van der Waals surface area contributed by atoms with Gasteiger partial charge in [-0.05, 0) is 12.1 Å². The van der Waals surface area contributed by atoms with E-state index in [1.165, 1.54) is 26.0 Å². The van der Waals surface area contributed by atoms with Crippen LogP contribution in [0.4, 0.5) is 11.4 Å². The number of nitrogens with zero attached hydrogens (tertiary/aromatic N) is 2. The minimum Gasteiger partial charge on any atom is -0.418 e. The van der Waals surface area contributed by atoms with Gasteiger partial charge in [0.25, 0.3) is 11.5 Å².